The third-order valence-corrected chi connectivity index (χ3v) is 4.80. The topological polar surface area (TPSA) is 55.2 Å². The van der Waals surface area contributed by atoms with Crippen LogP contribution in [0.15, 0.2) is 54.6 Å². The average molecular weight is 310 g/mol. The van der Waals surface area contributed by atoms with E-state index in [1.807, 2.05) is 6.07 Å². The molecule has 0 radical (unpaired) electrons. The van der Waals surface area contributed by atoms with Crippen LogP contribution in [0.3, 0.4) is 0 Å². The Hall–Kier alpha value is -2.69. The summed E-state index contributed by atoms with van der Waals surface area (Å²) >= 11 is 0. The predicted octanol–water partition coefficient (Wildman–Crippen LogP) is 4.56. The van der Waals surface area contributed by atoms with Crippen molar-refractivity contribution in [3.05, 3.63) is 81.7 Å². The summed E-state index contributed by atoms with van der Waals surface area (Å²) in [4.78, 5) is 11.0. The van der Waals surface area contributed by atoms with Crippen LogP contribution < -0.4 is 5.32 Å². The second-order valence-electron chi connectivity index (χ2n) is 6.03. The molecular weight excluding hydrogens is 295 g/mol. The lowest BCUT2D eigenvalue weighted by atomic mass is 9.77. The molecule has 2 aliphatic rings. The van der Waals surface area contributed by atoms with Gasteiger partial charge in [0, 0.05) is 12.0 Å². The zero-order valence-corrected chi connectivity index (χ0v) is 12.3. The first-order chi connectivity index (χ1) is 11.1. The Morgan fingerprint density at radius 1 is 1.17 bits per heavy atom. The van der Waals surface area contributed by atoms with E-state index in [1.54, 1.807) is 18.2 Å². The summed E-state index contributed by atoms with van der Waals surface area (Å²) in [6.07, 6.45) is 5.16. The second kappa shape index (κ2) is 5.19. The number of para-hydroxylation sites is 1. The minimum atomic E-state index is -0.355. The molecule has 4 rings (SSSR count). The molecule has 1 N–H and O–H groups in total. The number of nitro benzene ring substituents is 1. The normalized spacial score (nSPS) is 24.7. The number of allylic oxidation sites excluding steroid dienone is 2. The van der Waals surface area contributed by atoms with Crippen molar-refractivity contribution in [1.82, 2.24) is 0 Å². The molecular formula is C18H15FN2O2. The molecule has 0 unspecified atom stereocenters. The van der Waals surface area contributed by atoms with Gasteiger partial charge in [0.2, 0.25) is 0 Å². The summed E-state index contributed by atoms with van der Waals surface area (Å²) < 4.78 is 13.2. The maximum Gasteiger partial charge on any atom is 0.292 e. The standard InChI is InChI=1S/C18H15FN2O2/c19-12-9-7-11(8-10-12)17-14-4-1-3-13(14)15-5-2-6-16(21(22)23)18(15)20-17/h1-3,5-10,13-14,17,20H,4H2/t13-,14+,17-/m1/s1. The van der Waals surface area contributed by atoms with E-state index in [4.69, 9.17) is 0 Å². The van der Waals surface area contributed by atoms with Crippen molar-refractivity contribution in [3.8, 4) is 0 Å². The molecule has 0 bridgehead atoms. The summed E-state index contributed by atoms with van der Waals surface area (Å²) in [5, 5.41) is 14.7. The van der Waals surface area contributed by atoms with Gasteiger partial charge in [-0.05, 0) is 35.6 Å². The van der Waals surface area contributed by atoms with Crippen molar-refractivity contribution in [2.75, 3.05) is 5.32 Å². The maximum atomic E-state index is 13.2. The summed E-state index contributed by atoms with van der Waals surface area (Å²) in [6, 6.07) is 11.5. The zero-order chi connectivity index (χ0) is 16.0. The van der Waals surface area contributed by atoms with Crippen LogP contribution in [0.1, 0.15) is 29.5 Å². The lowest BCUT2D eigenvalue weighted by molar-refractivity contribution is -0.384. The Morgan fingerprint density at radius 2 is 1.96 bits per heavy atom. The molecule has 2 aromatic rings. The first-order valence-electron chi connectivity index (χ1n) is 7.61. The number of anilines is 1. The van der Waals surface area contributed by atoms with Gasteiger partial charge in [0.15, 0.2) is 0 Å². The van der Waals surface area contributed by atoms with Crippen LogP contribution in [0, 0.1) is 21.8 Å². The molecule has 5 heteroatoms. The number of nitrogens with one attached hydrogen (secondary N) is 1. The maximum absolute atomic E-state index is 13.2. The number of rotatable bonds is 2. The van der Waals surface area contributed by atoms with E-state index in [0.29, 0.717) is 5.69 Å². The largest absolute Gasteiger partial charge is 0.372 e. The zero-order valence-electron chi connectivity index (χ0n) is 12.3. The van der Waals surface area contributed by atoms with Crippen LogP contribution in [-0.4, -0.2) is 4.92 Å². The van der Waals surface area contributed by atoms with E-state index in [1.165, 1.54) is 18.2 Å². The van der Waals surface area contributed by atoms with E-state index in [2.05, 4.69) is 17.5 Å². The Kier molecular flexibility index (Phi) is 3.15. The lowest BCUT2D eigenvalue weighted by Gasteiger charge is -2.37. The number of nitrogens with zero attached hydrogens (tertiary/aromatic N) is 1. The van der Waals surface area contributed by atoms with Crippen LogP contribution >= 0.6 is 0 Å². The van der Waals surface area contributed by atoms with Crippen molar-refractivity contribution in [2.45, 2.75) is 18.4 Å². The van der Waals surface area contributed by atoms with Gasteiger partial charge in [-0.15, -0.1) is 0 Å². The van der Waals surface area contributed by atoms with Gasteiger partial charge in [-0.3, -0.25) is 10.1 Å². The highest BCUT2D eigenvalue weighted by molar-refractivity contribution is 5.71. The van der Waals surface area contributed by atoms with E-state index in [0.717, 1.165) is 17.5 Å². The Balaban J connectivity index is 1.83. The first-order valence-corrected chi connectivity index (χ1v) is 7.61. The van der Waals surface area contributed by atoms with Crippen molar-refractivity contribution < 1.29 is 9.31 Å². The summed E-state index contributed by atoms with van der Waals surface area (Å²) in [7, 11) is 0. The number of halogens is 1. The Labute approximate surface area is 132 Å². The molecule has 1 heterocycles. The predicted molar refractivity (Wildman–Crippen MR) is 85.8 cm³/mol. The number of hydrogen-bond donors (Lipinski definition) is 1. The van der Waals surface area contributed by atoms with Crippen LogP contribution in [-0.2, 0) is 0 Å². The quantitative estimate of drug-likeness (QED) is 0.502. The van der Waals surface area contributed by atoms with Gasteiger partial charge in [0.05, 0.1) is 11.0 Å². The molecule has 23 heavy (non-hydrogen) atoms. The van der Waals surface area contributed by atoms with Gasteiger partial charge in [-0.1, -0.05) is 36.4 Å². The number of hydrogen-bond acceptors (Lipinski definition) is 3. The molecule has 0 spiro atoms. The van der Waals surface area contributed by atoms with E-state index in [9.17, 15) is 14.5 Å². The van der Waals surface area contributed by atoms with Crippen LogP contribution in [0.4, 0.5) is 15.8 Å². The molecule has 0 aromatic heterocycles. The van der Waals surface area contributed by atoms with Crippen LogP contribution in [0.25, 0.3) is 0 Å². The van der Waals surface area contributed by atoms with E-state index >= 15 is 0 Å². The van der Waals surface area contributed by atoms with Crippen molar-refractivity contribution in [1.29, 1.82) is 0 Å². The van der Waals surface area contributed by atoms with Gasteiger partial charge < -0.3 is 5.32 Å². The van der Waals surface area contributed by atoms with Gasteiger partial charge in [-0.25, -0.2) is 4.39 Å². The minimum Gasteiger partial charge on any atom is -0.372 e. The molecule has 3 atom stereocenters. The van der Waals surface area contributed by atoms with Crippen molar-refractivity contribution in [2.24, 2.45) is 5.92 Å². The van der Waals surface area contributed by atoms with Gasteiger partial charge >= 0.3 is 0 Å². The molecule has 4 nitrogen and oxygen atoms in total. The molecule has 116 valence electrons. The molecule has 1 aliphatic carbocycles. The van der Waals surface area contributed by atoms with Gasteiger partial charge in [0.25, 0.3) is 5.69 Å². The highest BCUT2D eigenvalue weighted by atomic mass is 19.1. The van der Waals surface area contributed by atoms with E-state index in [-0.39, 0.29) is 34.3 Å². The molecule has 1 aliphatic heterocycles. The molecule has 0 amide bonds. The second-order valence-corrected chi connectivity index (χ2v) is 6.03. The van der Waals surface area contributed by atoms with E-state index < -0.39 is 0 Å². The third kappa shape index (κ3) is 2.20. The number of nitro groups is 1. The smallest absolute Gasteiger partial charge is 0.292 e. The monoisotopic (exact) mass is 310 g/mol. The SMILES string of the molecule is O=[N+]([O-])c1cccc2c1N[C@H](c1ccc(F)cc1)[C@H]1CC=C[C@@H]21. The fourth-order valence-electron chi connectivity index (χ4n) is 3.76. The third-order valence-electron chi connectivity index (χ3n) is 4.80. The van der Waals surface area contributed by atoms with Crippen LogP contribution in [0.2, 0.25) is 0 Å². The number of fused-ring (bicyclic) bond motifs is 3. The molecule has 2 aromatic carbocycles. The first kappa shape index (κ1) is 13.9. The Morgan fingerprint density at radius 3 is 2.70 bits per heavy atom. The van der Waals surface area contributed by atoms with Crippen molar-refractivity contribution in [3.63, 3.8) is 0 Å². The number of benzene rings is 2. The Bertz CT molecular complexity index is 801. The summed E-state index contributed by atoms with van der Waals surface area (Å²) in [5.74, 6) is 0.160. The van der Waals surface area contributed by atoms with Crippen molar-refractivity contribution >= 4 is 11.4 Å². The minimum absolute atomic E-state index is 0.0656. The highest BCUT2D eigenvalue weighted by Crippen LogP contribution is 2.51. The lowest BCUT2D eigenvalue weighted by Crippen LogP contribution is -2.29. The molecule has 0 fully saturated rings. The summed E-state index contributed by atoms with van der Waals surface area (Å²) in [5.41, 5.74) is 2.60. The fourth-order valence-corrected chi connectivity index (χ4v) is 3.76. The van der Waals surface area contributed by atoms with Gasteiger partial charge in [-0.2, -0.15) is 0 Å². The van der Waals surface area contributed by atoms with Crippen LogP contribution in [0.5, 0.6) is 0 Å². The fraction of sp³-hybridized carbons (Fsp3) is 0.222. The summed E-state index contributed by atoms with van der Waals surface area (Å²) in [6.45, 7) is 0. The molecule has 0 saturated carbocycles. The highest BCUT2D eigenvalue weighted by Gasteiger charge is 2.40. The van der Waals surface area contributed by atoms with Gasteiger partial charge in [0.1, 0.15) is 11.5 Å². The molecule has 0 saturated heterocycles. The average Bonchev–Trinajstić information content (AvgIpc) is 3.04.